The number of non-ortho nitro benzene ring substituents is 1. The van der Waals surface area contributed by atoms with Crippen molar-refractivity contribution in [3.05, 3.63) is 80.9 Å². The molecular formula is C22H15N3O4S. The van der Waals surface area contributed by atoms with E-state index in [0.717, 1.165) is 33.1 Å². The van der Waals surface area contributed by atoms with Gasteiger partial charge in [-0.1, -0.05) is 36.3 Å². The highest BCUT2D eigenvalue weighted by atomic mass is 32.2. The molecule has 1 fully saturated rings. The summed E-state index contributed by atoms with van der Waals surface area (Å²) in [6, 6.07) is 13.6. The van der Waals surface area contributed by atoms with Crippen LogP contribution >= 0.6 is 11.8 Å². The SMILES string of the molecule is C#CCn1cc(C=C2SC(=O)N(Cc3cccc([N+](=O)[O-])c3)C2=O)c2ccccc21. The summed E-state index contributed by atoms with van der Waals surface area (Å²) in [7, 11) is 0. The molecule has 148 valence electrons. The van der Waals surface area contributed by atoms with Gasteiger partial charge in [-0.3, -0.25) is 24.6 Å². The minimum atomic E-state index is -0.511. The Morgan fingerprint density at radius 3 is 2.73 bits per heavy atom. The zero-order valence-electron chi connectivity index (χ0n) is 15.6. The van der Waals surface area contributed by atoms with Gasteiger partial charge < -0.3 is 4.57 Å². The molecule has 2 heterocycles. The number of nitro benzene ring substituents is 1. The lowest BCUT2D eigenvalue weighted by atomic mass is 10.1. The first-order valence-electron chi connectivity index (χ1n) is 8.98. The fourth-order valence-electron chi connectivity index (χ4n) is 3.35. The molecule has 1 aromatic heterocycles. The summed E-state index contributed by atoms with van der Waals surface area (Å²) in [6.07, 6.45) is 9.00. The molecule has 1 aliphatic heterocycles. The largest absolute Gasteiger partial charge is 0.335 e. The van der Waals surface area contributed by atoms with Gasteiger partial charge in [-0.2, -0.15) is 0 Å². The summed E-state index contributed by atoms with van der Waals surface area (Å²) in [5.41, 5.74) is 2.16. The Bertz CT molecular complexity index is 1270. The van der Waals surface area contributed by atoms with Crippen molar-refractivity contribution in [2.24, 2.45) is 0 Å². The number of amides is 2. The van der Waals surface area contributed by atoms with E-state index in [4.69, 9.17) is 6.42 Å². The maximum Gasteiger partial charge on any atom is 0.293 e. The average molecular weight is 417 g/mol. The van der Waals surface area contributed by atoms with Crippen molar-refractivity contribution in [3.63, 3.8) is 0 Å². The molecule has 30 heavy (non-hydrogen) atoms. The van der Waals surface area contributed by atoms with Gasteiger partial charge in [0.1, 0.15) is 0 Å². The van der Waals surface area contributed by atoms with E-state index < -0.39 is 16.1 Å². The second-order valence-electron chi connectivity index (χ2n) is 6.63. The first-order chi connectivity index (χ1) is 14.5. The predicted molar refractivity (Wildman–Crippen MR) is 115 cm³/mol. The highest BCUT2D eigenvalue weighted by Gasteiger charge is 2.35. The molecule has 0 unspecified atom stereocenters. The molecule has 8 heteroatoms. The second kappa shape index (κ2) is 7.89. The molecule has 1 aliphatic rings. The summed E-state index contributed by atoms with van der Waals surface area (Å²) in [4.78, 5) is 37.1. The fraction of sp³-hybridized carbons (Fsp3) is 0.0909. The minimum Gasteiger partial charge on any atom is -0.335 e. The van der Waals surface area contributed by atoms with Gasteiger partial charge in [0.2, 0.25) is 0 Å². The van der Waals surface area contributed by atoms with Crippen LogP contribution in [0, 0.1) is 22.5 Å². The van der Waals surface area contributed by atoms with Crippen LogP contribution in [-0.2, 0) is 17.9 Å². The Hall–Kier alpha value is -3.83. The maximum absolute atomic E-state index is 12.9. The average Bonchev–Trinajstić information content (AvgIpc) is 3.21. The van der Waals surface area contributed by atoms with E-state index in [-0.39, 0.29) is 12.2 Å². The van der Waals surface area contributed by atoms with Crippen molar-refractivity contribution in [1.29, 1.82) is 0 Å². The van der Waals surface area contributed by atoms with Gasteiger partial charge in [0.05, 0.1) is 22.9 Å². The number of carbonyl (C=O) groups is 2. The Morgan fingerprint density at radius 1 is 1.17 bits per heavy atom. The van der Waals surface area contributed by atoms with Crippen LogP contribution in [0.3, 0.4) is 0 Å². The van der Waals surface area contributed by atoms with Crippen molar-refractivity contribution in [1.82, 2.24) is 9.47 Å². The van der Waals surface area contributed by atoms with Crippen LogP contribution < -0.4 is 0 Å². The van der Waals surface area contributed by atoms with Gasteiger partial charge in [-0.05, 0) is 29.5 Å². The van der Waals surface area contributed by atoms with Crippen molar-refractivity contribution >= 4 is 45.6 Å². The lowest BCUT2D eigenvalue weighted by Gasteiger charge is -2.12. The molecular weight excluding hydrogens is 402 g/mol. The number of carbonyl (C=O) groups excluding carboxylic acids is 2. The van der Waals surface area contributed by atoms with Gasteiger partial charge in [-0.15, -0.1) is 6.42 Å². The number of thioether (sulfide) groups is 1. The summed E-state index contributed by atoms with van der Waals surface area (Å²) in [6.45, 7) is 0.366. The monoisotopic (exact) mass is 417 g/mol. The van der Waals surface area contributed by atoms with E-state index >= 15 is 0 Å². The quantitative estimate of drug-likeness (QED) is 0.266. The van der Waals surface area contributed by atoms with Gasteiger partial charge in [0, 0.05) is 34.8 Å². The second-order valence-corrected chi connectivity index (χ2v) is 7.62. The molecule has 0 atom stereocenters. The first kappa shape index (κ1) is 19.5. The van der Waals surface area contributed by atoms with E-state index in [1.807, 2.05) is 35.0 Å². The Morgan fingerprint density at radius 2 is 1.97 bits per heavy atom. The van der Waals surface area contributed by atoms with Crippen molar-refractivity contribution in [2.45, 2.75) is 13.1 Å². The molecule has 0 spiro atoms. The zero-order valence-corrected chi connectivity index (χ0v) is 16.5. The molecule has 0 aliphatic carbocycles. The number of aromatic nitrogens is 1. The Labute approximate surface area is 176 Å². The molecule has 7 nitrogen and oxygen atoms in total. The number of benzene rings is 2. The number of imide groups is 1. The van der Waals surface area contributed by atoms with Gasteiger partial charge in [0.25, 0.3) is 16.8 Å². The van der Waals surface area contributed by atoms with E-state index in [1.54, 1.807) is 12.1 Å². The third kappa shape index (κ3) is 3.58. The van der Waals surface area contributed by atoms with E-state index in [2.05, 4.69) is 5.92 Å². The minimum absolute atomic E-state index is 0.0253. The normalized spacial score (nSPS) is 15.2. The lowest BCUT2D eigenvalue weighted by molar-refractivity contribution is -0.384. The van der Waals surface area contributed by atoms with Gasteiger partial charge >= 0.3 is 0 Å². The van der Waals surface area contributed by atoms with E-state index in [1.165, 1.54) is 18.2 Å². The third-order valence-corrected chi connectivity index (χ3v) is 5.61. The van der Waals surface area contributed by atoms with Crippen LogP contribution in [0.15, 0.2) is 59.6 Å². The molecule has 2 amide bonds. The summed E-state index contributed by atoms with van der Waals surface area (Å²) in [5, 5.41) is 11.5. The van der Waals surface area contributed by atoms with E-state index in [9.17, 15) is 19.7 Å². The summed E-state index contributed by atoms with van der Waals surface area (Å²) >= 11 is 0.853. The number of rotatable bonds is 5. The molecule has 0 bridgehead atoms. The molecule has 3 aromatic rings. The number of nitrogens with zero attached hydrogens (tertiary/aromatic N) is 3. The smallest absolute Gasteiger partial charge is 0.293 e. The molecule has 0 saturated carbocycles. The zero-order chi connectivity index (χ0) is 21.3. The van der Waals surface area contributed by atoms with Gasteiger partial charge in [-0.25, -0.2) is 0 Å². The topological polar surface area (TPSA) is 85.4 Å². The summed E-state index contributed by atoms with van der Waals surface area (Å²) < 4.78 is 1.91. The number of nitro groups is 1. The summed E-state index contributed by atoms with van der Waals surface area (Å²) in [5.74, 6) is 2.18. The standard InChI is InChI=1S/C22H15N3O4S/c1-2-10-23-14-16(18-8-3-4-9-19(18)23)12-20-21(26)24(22(27)30-20)13-15-6-5-7-17(11-15)25(28)29/h1,3-9,11-12,14H,10,13H2. The molecule has 0 N–H and O–H groups in total. The van der Waals surface area contributed by atoms with Crippen molar-refractivity contribution < 1.29 is 14.5 Å². The molecule has 1 saturated heterocycles. The number of fused-ring (bicyclic) bond motifs is 1. The van der Waals surface area contributed by atoms with Crippen molar-refractivity contribution in [2.75, 3.05) is 0 Å². The number of hydrogen-bond acceptors (Lipinski definition) is 5. The number of terminal acetylenes is 1. The van der Waals surface area contributed by atoms with Crippen LogP contribution in [0.2, 0.25) is 0 Å². The number of hydrogen-bond donors (Lipinski definition) is 0. The molecule has 2 aromatic carbocycles. The fourth-order valence-corrected chi connectivity index (χ4v) is 4.18. The Balaban J connectivity index is 1.64. The van der Waals surface area contributed by atoms with Crippen LogP contribution in [0.4, 0.5) is 10.5 Å². The van der Waals surface area contributed by atoms with E-state index in [0.29, 0.717) is 17.0 Å². The van der Waals surface area contributed by atoms with Crippen LogP contribution in [-0.4, -0.2) is 25.5 Å². The first-order valence-corrected chi connectivity index (χ1v) is 9.79. The molecule has 4 rings (SSSR count). The van der Waals surface area contributed by atoms with Gasteiger partial charge in [0.15, 0.2) is 0 Å². The number of para-hydroxylation sites is 1. The van der Waals surface area contributed by atoms with Crippen LogP contribution in [0.5, 0.6) is 0 Å². The predicted octanol–water partition coefficient (Wildman–Crippen LogP) is 4.42. The highest BCUT2D eigenvalue weighted by molar-refractivity contribution is 8.18. The Kier molecular flexibility index (Phi) is 5.12. The van der Waals surface area contributed by atoms with Crippen LogP contribution in [0.25, 0.3) is 17.0 Å². The maximum atomic E-state index is 12.9. The van der Waals surface area contributed by atoms with Crippen molar-refractivity contribution in [3.8, 4) is 12.3 Å². The third-order valence-electron chi connectivity index (χ3n) is 4.70. The highest BCUT2D eigenvalue weighted by Crippen LogP contribution is 2.35. The van der Waals surface area contributed by atoms with Crippen LogP contribution in [0.1, 0.15) is 11.1 Å². The molecule has 0 radical (unpaired) electrons. The lowest BCUT2D eigenvalue weighted by Crippen LogP contribution is -2.27.